The number of fused-ring (bicyclic) bond motifs is 1. The summed E-state index contributed by atoms with van der Waals surface area (Å²) < 4.78 is 0. The minimum Gasteiger partial charge on any atom is -0.506 e. The Morgan fingerprint density at radius 1 is 1.44 bits per heavy atom. The number of nitrogen functional groups attached to an aromatic ring is 1. The Morgan fingerprint density at radius 3 is 2.83 bits per heavy atom. The van der Waals surface area contributed by atoms with Gasteiger partial charge in [-0.05, 0) is 17.7 Å². The molecule has 0 spiro atoms. The molecule has 1 heterocycles. The number of carboxylic acids is 1. The Hall–Kier alpha value is -2.28. The second-order valence-electron chi connectivity index (χ2n) is 3.69. The largest absolute Gasteiger partial charge is 0.506 e. The summed E-state index contributed by atoms with van der Waals surface area (Å²) in [7, 11) is 0. The fourth-order valence-corrected chi connectivity index (χ4v) is 1.73. The maximum absolute atomic E-state index is 10.7. The minimum absolute atomic E-state index is 0.0617. The summed E-state index contributed by atoms with van der Waals surface area (Å²) in [6.07, 6.45) is 1.53. The first kappa shape index (κ1) is 12.2. The molecule has 0 amide bonds. The zero-order valence-corrected chi connectivity index (χ0v) is 9.94. The van der Waals surface area contributed by atoms with Crippen LogP contribution in [0.25, 0.3) is 10.9 Å². The van der Waals surface area contributed by atoms with Crippen LogP contribution in [0.5, 0.6) is 5.75 Å². The van der Waals surface area contributed by atoms with Crippen LogP contribution in [0.2, 0.25) is 0 Å². The summed E-state index contributed by atoms with van der Waals surface area (Å²) in [5.74, 6) is -1.16. The first-order chi connectivity index (χ1) is 8.47. The van der Waals surface area contributed by atoms with Crippen molar-refractivity contribution < 1.29 is 15.0 Å². The molecule has 1 aromatic carbocycles. The number of aliphatic carboxylic acids is 1. The van der Waals surface area contributed by atoms with Gasteiger partial charge in [0, 0.05) is 18.0 Å². The topological polar surface area (TPSA) is 109 Å². The Balaban J connectivity index is 2.46. The molecule has 6 nitrogen and oxygen atoms in total. The van der Waals surface area contributed by atoms with Crippen LogP contribution in [0.1, 0.15) is 5.56 Å². The zero-order chi connectivity index (χ0) is 13.3. The third-order valence-electron chi connectivity index (χ3n) is 2.34. The number of carboxylic acid groups (broad SMARTS) is 1. The Morgan fingerprint density at radius 2 is 2.17 bits per heavy atom. The van der Waals surface area contributed by atoms with E-state index in [-0.39, 0.29) is 23.0 Å². The molecule has 18 heavy (non-hydrogen) atoms. The van der Waals surface area contributed by atoms with E-state index in [0.29, 0.717) is 16.5 Å². The molecule has 0 aliphatic carbocycles. The monoisotopic (exact) mass is 263 g/mol. The van der Waals surface area contributed by atoms with Crippen LogP contribution in [0.15, 0.2) is 18.3 Å². The van der Waals surface area contributed by atoms with Crippen molar-refractivity contribution in [2.45, 2.75) is 6.42 Å². The zero-order valence-electron chi connectivity index (χ0n) is 9.12. The van der Waals surface area contributed by atoms with E-state index in [9.17, 15) is 9.90 Å². The molecule has 0 aliphatic heterocycles. The van der Waals surface area contributed by atoms with Gasteiger partial charge in [-0.1, -0.05) is 12.2 Å². The van der Waals surface area contributed by atoms with Crippen LogP contribution in [-0.2, 0) is 11.2 Å². The number of phenols is 1. The number of thiocarbonyl (C=S) groups is 1. The summed E-state index contributed by atoms with van der Waals surface area (Å²) in [5, 5.41) is 19.1. The van der Waals surface area contributed by atoms with Gasteiger partial charge in [-0.2, -0.15) is 0 Å². The molecular formula is C11H9N3O3S. The van der Waals surface area contributed by atoms with Crippen molar-refractivity contribution in [3.05, 3.63) is 23.9 Å². The van der Waals surface area contributed by atoms with Gasteiger partial charge in [-0.25, -0.2) is 14.8 Å². The lowest BCUT2D eigenvalue weighted by Crippen LogP contribution is -2.12. The van der Waals surface area contributed by atoms with Gasteiger partial charge in [0.25, 0.3) is 0 Å². The van der Waals surface area contributed by atoms with Crippen molar-refractivity contribution >= 4 is 39.9 Å². The highest BCUT2D eigenvalue weighted by atomic mass is 32.1. The van der Waals surface area contributed by atoms with E-state index >= 15 is 0 Å². The van der Waals surface area contributed by atoms with Gasteiger partial charge in [0.15, 0.2) is 0 Å². The predicted molar refractivity (Wildman–Crippen MR) is 69.6 cm³/mol. The first-order valence-corrected chi connectivity index (χ1v) is 5.38. The Labute approximate surface area is 107 Å². The molecule has 92 valence electrons. The number of anilines is 1. The molecule has 0 saturated heterocycles. The first-order valence-electron chi connectivity index (χ1n) is 4.97. The van der Waals surface area contributed by atoms with E-state index in [1.54, 1.807) is 6.07 Å². The molecule has 2 rings (SSSR count). The van der Waals surface area contributed by atoms with Crippen molar-refractivity contribution in [2.75, 3.05) is 5.73 Å². The van der Waals surface area contributed by atoms with Crippen LogP contribution < -0.4 is 5.73 Å². The standard InChI is InChI=1S/C11H9N3O3S/c12-11-13-4-6-1-5(3-8(18)10(16)17)2-7(15)9(6)14-11/h1-2,4,15H,3H2,(H,16,17)(H2,12,13,14). The summed E-state index contributed by atoms with van der Waals surface area (Å²) in [4.78, 5) is 18.2. The van der Waals surface area contributed by atoms with Gasteiger partial charge in [-0.3, -0.25) is 0 Å². The van der Waals surface area contributed by atoms with Gasteiger partial charge in [0.05, 0.1) is 0 Å². The lowest BCUT2D eigenvalue weighted by molar-refractivity contribution is -0.129. The van der Waals surface area contributed by atoms with Gasteiger partial charge >= 0.3 is 5.97 Å². The van der Waals surface area contributed by atoms with Crippen molar-refractivity contribution in [1.82, 2.24) is 9.97 Å². The molecule has 7 heteroatoms. The predicted octanol–water partition coefficient (Wildman–Crippen LogP) is 0.915. The molecule has 4 N–H and O–H groups in total. The van der Waals surface area contributed by atoms with Gasteiger partial charge in [0.2, 0.25) is 5.95 Å². The molecular weight excluding hydrogens is 254 g/mol. The molecule has 1 aromatic heterocycles. The average Bonchev–Trinajstić information content (AvgIpc) is 2.30. The fourth-order valence-electron chi connectivity index (χ4n) is 1.56. The highest BCUT2D eigenvalue weighted by Crippen LogP contribution is 2.25. The second-order valence-corrected chi connectivity index (χ2v) is 4.18. The number of phenolic OH excluding ortho intramolecular Hbond substituents is 1. The van der Waals surface area contributed by atoms with E-state index in [1.807, 2.05) is 0 Å². The van der Waals surface area contributed by atoms with Crippen LogP contribution in [0, 0.1) is 0 Å². The van der Waals surface area contributed by atoms with Crippen molar-refractivity contribution in [3.63, 3.8) is 0 Å². The maximum atomic E-state index is 10.7. The van der Waals surface area contributed by atoms with Crippen molar-refractivity contribution in [1.29, 1.82) is 0 Å². The lowest BCUT2D eigenvalue weighted by atomic mass is 10.1. The van der Waals surface area contributed by atoms with Gasteiger partial charge in [-0.15, -0.1) is 0 Å². The van der Waals surface area contributed by atoms with E-state index in [0.717, 1.165) is 0 Å². The Bertz CT molecular complexity index is 657. The van der Waals surface area contributed by atoms with Crippen LogP contribution in [0.4, 0.5) is 5.95 Å². The normalized spacial score (nSPS) is 10.4. The van der Waals surface area contributed by atoms with E-state index in [2.05, 4.69) is 9.97 Å². The second kappa shape index (κ2) is 4.53. The smallest absolute Gasteiger partial charge is 0.342 e. The molecule has 0 atom stereocenters. The number of aromatic hydroxyl groups is 1. The highest BCUT2D eigenvalue weighted by Gasteiger charge is 2.11. The number of carbonyl (C=O) groups is 1. The van der Waals surface area contributed by atoms with Crippen LogP contribution >= 0.6 is 12.2 Å². The minimum atomic E-state index is -1.14. The third-order valence-corrected chi connectivity index (χ3v) is 2.66. The number of aromatic nitrogens is 2. The SMILES string of the molecule is Nc1ncc2cc(CC(=S)C(=O)O)cc(O)c2n1. The fraction of sp³-hybridized carbons (Fsp3) is 0.0909. The number of hydrogen-bond acceptors (Lipinski definition) is 6. The lowest BCUT2D eigenvalue weighted by Gasteiger charge is -2.05. The molecule has 0 bridgehead atoms. The maximum Gasteiger partial charge on any atom is 0.342 e. The molecule has 0 radical (unpaired) electrons. The van der Waals surface area contributed by atoms with E-state index in [4.69, 9.17) is 23.1 Å². The molecule has 0 unspecified atom stereocenters. The van der Waals surface area contributed by atoms with Crippen molar-refractivity contribution in [2.24, 2.45) is 0 Å². The third kappa shape index (κ3) is 2.35. The number of benzene rings is 1. The quantitative estimate of drug-likeness (QED) is 0.706. The summed E-state index contributed by atoms with van der Waals surface area (Å²) in [5.41, 5.74) is 6.33. The van der Waals surface area contributed by atoms with Crippen LogP contribution in [0.3, 0.4) is 0 Å². The van der Waals surface area contributed by atoms with Gasteiger partial charge in [0.1, 0.15) is 16.1 Å². The number of nitrogens with zero attached hydrogens (tertiary/aromatic N) is 2. The molecule has 2 aromatic rings. The Kier molecular flexibility index (Phi) is 3.07. The van der Waals surface area contributed by atoms with Crippen LogP contribution in [-0.4, -0.2) is 31.0 Å². The van der Waals surface area contributed by atoms with E-state index < -0.39 is 5.97 Å². The summed E-state index contributed by atoms with van der Waals surface area (Å²) >= 11 is 4.71. The van der Waals surface area contributed by atoms with E-state index in [1.165, 1.54) is 12.3 Å². The molecule has 0 fully saturated rings. The summed E-state index contributed by atoms with van der Waals surface area (Å²) in [6.45, 7) is 0. The number of nitrogens with two attached hydrogens (primary N) is 1. The summed E-state index contributed by atoms with van der Waals surface area (Å²) in [6, 6.07) is 3.09. The number of hydrogen-bond donors (Lipinski definition) is 3. The van der Waals surface area contributed by atoms with Gasteiger partial charge < -0.3 is 15.9 Å². The highest BCUT2D eigenvalue weighted by molar-refractivity contribution is 7.82. The number of rotatable bonds is 3. The molecule has 0 aliphatic rings. The van der Waals surface area contributed by atoms with Crippen molar-refractivity contribution in [3.8, 4) is 5.75 Å². The average molecular weight is 263 g/mol. The molecule has 0 saturated carbocycles.